The summed E-state index contributed by atoms with van der Waals surface area (Å²) in [5.41, 5.74) is 2.21. The van der Waals surface area contributed by atoms with E-state index in [4.69, 9.17) is 0 Å². The predicted molar refractivity (Wildman–Crippen MR) is 79.3 cm³/mol. The van der Waals surface area contributed by atoms with Crippen LogP contribution in [-0.4, -0.2) is 25.5 Å². The number of carbonyl (C=O) groups is 1. The predicted octanol–water partition coefficient (Wildman–Crippen LogP) is 2.59. The fourth-order valence-corrected chi connectivity index (χ4v) is 2.88. The van der Waals surface area contributed by atoms with E-state index in [0.29, 0.717) is 5.92 Å². The van der Waals surface area contributed by atoms with E-state index in [1.807, 2.05) is 30.0 Å². The summed E-state index contributed by atoms with van der Waals surface area (Å²) >= 11 is 0. The first-order chi connectivity index (χ1) is 9.13. The molecule has 2 unspecified atom stereocenters. The number of para-hydroxylation sites is 1. The largest absolute Gasteiger partial charge is 0.316 e. The first-order valence-electron chi connectivity index (χ1n) is 7.21. The molecular formula is C16H24N2O. The monoisotopic (exact) mass is 260 g/mol. The molecule has 1 aliphatic rings. The van der Waals surface area contributed by atoms with Crippen LogP contribution in [0.4, 0.5) is 5.69 Å². The quantitative estimate of drug-likeness (QED) is 0.906. The summed E-state index contributed by atoms with van der Waals surface area (Å²) in [7, 11) is 0. The Kier molecular flexibility index (Phi) is 4.59. The average Bonchev–Trinajstić information content (AvgIpc) is 2.41. The van der Waals surface area contributed by atoms with Crippen LogP contribution in [-0.2, 0) is 4.79 Å². The maximum Gasteiger partial charge on any atom is 0.231 e. The molecule has 1 aromatic carbocycles. The second-order valence-corrected chi connectivity index (χ2v) is 5.57. The fourth-order valence-electron chi connectivity index (χ4n) is 2.88. The highest BCUT2D eigenvalue weighted by Crippen LogP contribution is 2.24. The summed E-state index contributed by atoms with van der Waals surface area (Å²) in [6, 6.07) is 8.12. The molecule has 0 bridgehead atoms. The van der Waals surface area contributed by atoms with Crippen LogP contribution in [0.5, 0.6) is 0 Å². The zero-order valence-electron chi connectivity index (χ0n) is 12.1. The number of nitrogens with zero attached hydrogens (tertiary/aromatic N) is 1. The van der Waals surface area contributed by atoms with Gasteiger partial charge in [0.25, 0.3) is 0 Å². The Balaban J connectivity index is 2.17. The molecule has 0 saturated carbocycles. The van der Waals surface area contributed by atoms with Gasteiger partial charge in [0, 0.05) is 18.8 Å². The number of hydrogen-bond donors (Lipinski definition) is 1. The van der Waals surface area contributed by atoms with Crippen LogP contribution in [0, 0.1) is 18.8 Å². The van der Waals surface area contributed by atoms with Crippen molar-refractivity contribution in [3.05, 3.63) is 29.8 Å². The highest BCUT2D eigenvalue weighted by atomic mass is 16.2. The summed E-state index contributed by atoms with van der Waals surface area (Å²) < 4.78 is 0. The normalized spacial score (nSPS) is 23.1. The van der Waals surface area contributed by atoms with E-state index < -0.39 is 0 Å². The Morgan fingerprint density at radius 3 is 2.74 bits per heavy atom. The molecule has 2 rings (SSSR count). The van der Waals surface area contributed by atoms with E-state index in [2.05, 4.69) is 25.2 Å². The molecule has 1 heterocycles. The number of carbonyl (C=O) groups excluding carboxylic acids is 1. The van der Waals surface area contributed by atoms with Crippen molar-refractivity contribution in [2.75, 3.05) is 24.5 Å². The van der Waals surface area contributed by atoms with Gasteiger partial charge in [-0.1, -0.05) is 25.1 Å². The number of piperidine rings is 1. The summed E-state index contributed by atoms with van der Waals surface area (Å²) in [5, 5.41) is 3.36. The summed E-state index contributed by atoms with van der Waals surface area (Å²) in [6.45, 7) is 8.88. The fraction of sp³-hybridized carbons (Fsp3) is 0.562. The standard InChI is InChI=1S/C16H24N2O/c1-4-18(15-8-6-5-7-13(15)3)16(19)14-9-12(2)10-17-11-14/h5-8,12,14,17H,4,9-11H2,1-3H3. The third-order valence-corrected chi connectivity index (χ3v) is 3.91. The lowest BCUT2D eigenvalue weighted by molar-refractivity contribution is -0.123. The number of nitrogens with one attached hydrogen (secondary N) is 1. The molecule has 104 valence electrons. The Bertz CT molecular complexity index is 444. The highest BCUT2D eigenvalue weighted by molar-refractivity contribution is 5.95. The smallest absolute Gasteiger partial charge is 0.231 e. The van der Waals surface area contributed by atoms with Gasteiger partial charge in [0.15, 0.2) is 0 Å². The minimum atomic E-state index is 0.114. The van der Waals surface area contributed by atoms with E-state index in [9.17, 15) is 4.79 Å². The van der Waals surface area contributed by atoms with Crippen LogP contribution in [0.2, 0.25) is 0 Å². The first kappa shape index (κ1) is 14.1. The number of hydrogen-bond acceptors (Lipinski definition) is 2. The maximum atomic E-state index is 12.7. The maximum absolute atomic E-state index is 12.7. The van der Waals surface area contributed by atoms with E-state index in [1.165, 1.54) is 0 Å². The van der Waals surface area contributed by atoms with Gasteiger partial charge in [-0.25, -0.2) is 0 Å². The molecule has 0 radical (unpaired) electrons. The summed E-state index contributed by atoms with van der Waals surface area (Å²) in [6.07, 6.45) is 0.994. The summed E-state index contributed by atoms with van der Waals surface area (Å²) in [4.78, 5) is 14.6. The van der Waals surface area contributed by atoms with Crippen LogP contribution >= 0.6 is 0 Å². The van der Waals surface area contributed by atoms with Crippen LogP contribution in [0.15, 0.2) is 24.3 Å². The molecule has 1 aromatic rings. The second-order valence-electron chi connectivity index (χ2n) is 5.57. The lowest BCUT2D eigenvalue weighted by Crippen LogP contribution is -2.45. The lowest BCUT2D eigenvalue weighted by Gasteiger charge is -2.32. The molecule has 1 N–H and O–H groups in total. The van der Waals surface area contributed by atoms with Gasteiger partial charge in [0.2, 0.25) is 5.91 Å². The Hall–Kier alpha value is -1.35. The van der Waals surface area contributed by atoms with Crippen LogP contribution < -0.4 is 10.2 Å². The number of anilines is 1. The molecular weight excluding hydrogens is 236 g/mol. The molecule has 3 heteroatoms. The molecule has 19 heavy (non-hydrogen) atoms. The van der Waals surface area contributed by atoms with Gasteiger partial charge < -0.3 is 10.2 Å². The number of rotatable bonds is 3. The molecule has 0 spiro atoms. The zero-order chi connectivity index (χ0) is 13.8. The minimum absolute atomic E-state index is 0.114. The number of amides is 1. The van der Waals surface area contributed by atoms with Gasteiger partial charge in [-0.15, -0.1) is 0 Å². The van der Waals surface area contributed by atoms with Crippen molar-refractivity contribution in [2.24, 2.45) is 11.8 Å². The van der Waals surface area contributed by atoms with Crippen molar-refractivity contribution in [1.29, 1.82) is 0 Å². The molecule has 2 atom stereocenters. The third-order valence-electron chi connectivity index (χ3n) is 3.91. The van der Waals surface area contributed by atoms with Gasteiger partial charge in [-0.2, -0.15) is 0 Å². The van der Waals surface area contributed by atoms with Crippen LogP contribution in [0.1, 0.15) is 25.8 Å². The van der Waals surface area contributed by atoms with Crippen molar-refractivity contribution >= 4 is 11.6 Å². The number of benzene rings is 1. The molecule has 3 nitrogen and oxygen atoms in total. The molecule has 0 aliphatic carbocycles. The van der Waals surface area contributed by atoms with Gasteiger partial charge in [0.1, 0.15) is 0 Å². The molecule has 1 amide bonds. The van der Waals surface area contributed by atoms with Gasteiger partial charge in [0.05, 0.1) is 5.92 Å². The Morgan fingerprint density at radius 1 is 1.37 bits per heavy atom. The molecule has 1 aliphatic heterocycles. The second kappa shape index (κ2) is 6.20. The highest BCUT2D eigenvalue weighted by Gasteiger charge is 2.29. The Morgan fingerprint density at radius 2 is 2.11 bits per heavy atom. The molecule has 1 fully saturated rings. The van der Waals surface area contributed by atoms with Gasteiger partial charge in [-0.05, 0) is 44.4 Å². The topological polar surface area (TPSA) is 32.3 Å². The third kappa shape index (κ3) is 3.16. The zero-order valence-corrected chi connectivity index (χ0v) is 12.1. The number of aryl methyl sites for hydroxylation is 1. The van der Waals surface area contributed by atoms with E-state index in [-0.39, 0.29) is 11.8 Å². The first-order valence-corrected chi connectivity index (χ1v) is 7.21. The SMILES string of the molecule is CCN(C(=O)C1CNCC(C)C1)c1ccccc1C. The van der Waals surface area contributed by atoms with Crippen LogP contribution in [0.3, 0.4) is 0 Å². The molecule has 0 aromatic heterocycles. The Labute approximate surface area is 116 Å². The van der Waals surface area contributed by atoms with E-state index in [0.717, 1.165) is 37.3 Å². The van der Waals surface area contributed by atoms with Crippen molar-refractivity contribution in [1.82, 2.24) is 5.32 Å². The lowest BCUT2D eigenvalue weighted by atomic mass is 9.90. The minimum Gasteiger partial charge on any atom is -0.316 e. The van der Waals surface area contributed by atoms with E-state index >= 15 is 0 Å². The summed E-state index contributed by atoms with van der Waals surface area (Å²) in [5.74, 6) is 0.956. The van der Waals surface area contributed by atoms with Crippen molar-refractivity contribution in [3.8, 4) is 0 Å². The van der Waals surface area contributed by atoms with Gasteiger partial charge in [-0.3, -0.25) is 4.79 Å². The van der Waals surface area contributed by atoms with Crippen molar-refractivity contribution in [3.63, 3.8) is 0 Å². The van der Waals surface area contributed by atoms with Gasteiger partial charge >= 0.3 is 0 Å². The van der Waals surface area contributed by atoms with E-state index in [1.54, 1.807) is 0 Å². The van der Waals surface area contributed by atoms with Crippen LogP contribution in [0.25, 0.3) is 0 Å². The molecule has 1 saturated heterocycles. The van der Waals surface area contributed by atoms with Crippen molar-refractivity contribution < 1.29 is 4.79 Å². The van der Waals surface area contributed by atoms with Crippen molar-refractivity contribution in [2.45, 2.75) is 27.2 Å². The average molecular weight is 260 g/mol.